The van der Waals surface area contributed by atoms with Crippen LogP contribution in [0, 0.1) is 0 Å². The summed E-state index contributed by atoms with van der Waals surface area (Å²) in [6.45, 7) is 7.24. The summed E-state index contributed by atoms with van der Waals surface area (Å²) in [6, 6.07) is 8.68. The van der Waals surface area contributed by atoms with Gasteiger partial charge in [-0.25, -0.2) is 0 Å². The predicted octanol–water partition coefficient (Wildman–Crippen LogP) is 3.18. The lowest BCUT2D eigenvalue weighted by Gasteiger charge is -2.18. The number of benzene rings is 1. The Morgan fingerprint density at radius 2 is 1.81 bits per heavy atom. The molecule has 16 heavy (non-hydrogen) atoms. The van der Waals surface area contributed by atoms with E-state index >= 15 is 0 Å². The fourth-order valence-electron chi connectivity index (χ4n) is 1.61. The Labute approximate surface area is 99.2 Å². The first kappa shape index (κ1) is 13.0. The van der Waals surface area contributed by atoms with Crippen molar-refractivity contribution in [2.24, 2.45) is 5.73 Å². The third kappa shape index (κ3) is 5.17. The molecule has 0 radical (unpaired) electrons. The summed E-state index contributed by atoms with van der Waals surface area (Å²) in [5.41, 5.74) is 8.43. The Morgan fingerprint density at radius 1 is 1.19 bits per heavy atom. The first-order valence-electron chi connectivity index (χ1n) is 6.13. The Kier molecular flexibility index (Phi) is 4.81. The lowest BCUT2D eigenvalue weighted by Crippen LogP contribution is -2.34. The van der Waals surface area contributed by atoms with Gasteiger partial charge in [-0.3, -0.25) is 0 Å². The Balaban J connectivity index is 2.37. The van der Waals surface area contributed by atoms with Crippen LogP contribution in [-0.4, -0.2) is 12.1 Å². The van der Waals surface area contributed by atoms with Gasteiger partial charge >= 0.3 is 0 Å². The van der Waals surface area contributed by atoms with Gasteiger partial charge in [0.2, 0.25) is 0 Å². The van der Waals surface area contributed by atoms with Crippen LogP contribution >= 0.6 is 0 Å². The van der Waals surface area contributed by atoms with E-state index < -0.39 is 0 Å². The fraction of sp³-hybridized carbons (Fsp3) is 0.571. The smallest absolute Gasteiger partial charge is 0.0340 e. The zero-order valence-corrected chi connectivity index (χ0v) is 10.7. The van der Waals surface area contributed by atoms with Crippen molar-refractivity contribution in [2.45, 2.75) is 45.6 Å². The second-order valence-electron chi connectivity index (χ2n) is 5.11. The van der Waals surface area contributed by atoms with Crippen LogP contribution in [0.1, 0.15) is 39.2 Å². The minimum atomic E-state index is -0.0881. The molecule has 0 bridgehead atoms. The molecular formula is C14H24N2. The van der Waals surface area contributed by atoms with Gasteiger partial charge in [0.05, 0.1) is 0 Å². The van der Waals surface area contributed by atoms with E-state index in [1.807, 2.05) is 0 Å². The van der Waals surface area contributed by atoms with Gasteiger partial charge in [0.25, 0.3) is 0 Å². The van der Waals surface area contributed by atoms with E-state index in [-0.39, 0.29) is 5.54 Å². The van der Waals surface area contributed by atoms with Crippen LogP contribution in [0.25, 0.3) is 0 Å². The van der Waals surface area contributed by atoms with Crippen LogP contribution in [0.5, 0.6) is 0 Å². The summed E-state index contributed by atoms with van der Waals surface area (Å²) in [4.78, 5) is 0. The molecule has 1 rings (SSSR count). The minimum Gasteiger partial charge on any atom is -0.385 e. The highest BCUT2D eigenvalue weighted by atomic mass is 14.9. The largest absolute Gasteiger partial charge is 0.385 e. The molecule has 0 aliphatic heterocycles. The Hall–Kier alpha value is -1.02. The van der Waals surface area contributed by atoms with E-state index in [0.29, 0.717) is 0 Å². The molecular weight excluding hydrogens is 196 g/mol. The van der Waals surface area contributed by atoms with Crippen LogP contribution in [-0.2, 0) is 6.42 Å². The van der Waals surface area contributed by atoms with Crippen LogP contribution in [0.4, 0.5) is 5.69 Å². The summed E-state index contributed by atoms with van der Waals surface area (Å²) in [5.74, 6) is 0. The maximum Gasteiger partial charge on any atom is 0.0340 e. The minimum absolute atomic E-state index is 0.0881. The highest BCUT2D eigenvalue weighted by Crippen LogP contribution is 2.12. The van der Waals surface area contributed by atoms with Crippen molar-refractivity contribution < 1.29 is 0 Å². The monoisotopic (exact) mass is 220 g/mol. The van der Waals surface area contributed by atoms with Crippen molar-refractivity contribution in [1.29, 1.82) is 0 Å². The zero-order chi connectivity index (χ0) is 12.0. The number of rotatable bonds is 6. The van der Waals surface area contributed by atoms with E-state index in [9.17, 15) is 0 Å². The summed E-state index contributed by atoms with van der Waals surface area (Å²) in [6.07, 6.45) is 3.34. The first-order chi connectivity index (χ1) is 7.51. The number of anilines is 1. The number of nitrogens with two attached hydrogens (primary N) is 1. The number of hydrogen-bond donors (Lipinski definition) is 2. The molecule has 0 aliphatic rings. The van der Waals surface area contributed by atoms with Crippen molar-refractivity contribution in [1.82, 2.24) is 0 Å². The number of nitrogens with one attached hydrogen (secondary N) is 1. The summed E-state index contributed by atoms with van der Waals surface area (Å²) >= 11 is 0. The van der Waals surface area contributed by atoms with E-state index in [1.54, 1.807) is 0 Å². The molecule has 0 unspecified atom stereocenters. The second-order valence-corrected chi connectivity index (χ2v) is 5.11. The standard InChI is InChI=1S/C14H24N2/c1-4-5-12-6-8-13(9-7-12)16-11-10-14(2,3)15/h6-9,16H,4-5,10-11,15H2,1-3H3. The van der Waals surface area contributed by atoms with Crippen molar-refractivity contribution in [2.75, 3.05) is 11.9 Å². The second kappa shape index (κ2) is 5.90. The van der Waals surface area contributed by atoms with Crippen molar-refractivity contribution in [3.63, 3.8) is 0 Å². The third-order valence-electron chi connectivity index (χ3n) is 2.59. The molecule has 2 nitrogen and oxygen atoms in total. The van der Waals surface area contributed by atoms with Gasteiger partial charge in [0, 0.05) is 17.8 Å². The molecule has 0 heterocycles. The average molecular weight is 220 g/mol. The highest BCUT2D eigenvalue weighted by molar-refractivity contribution is 5.44. The molecule has 0 aliphatic carbocycles. The summed E-state index contributed by atoms with van der Waals surface area (Å²) in [7, 11) is 0. The molecule has 0 spiro atoms. The van der Waals surface area contributed by atoms with Crippen molar-refractivity contribution in [3.8, 4) is 0 Å². The predicted molar refractivity (Wildman–Crippen MR) is 71.8 cm³/mol. The van der Waals surface area contributed by atoms with Crippen LogP contribution in [0.2, 0.25) is 0 Å². The highest BCUT2D eigenvalue weighted by Gasteiger charge is 2.08. The SMILES string of the molecule is CCCc1ccc(NCCC(C)(C)N)cc1. The summed E-state index contributed by atoms with van der Waals surface area (Å²) < 4.78 is 0. The average Bonchev–Trinajstić information content (AvgIpc) is 2.19. The zero-order valence-electron chi connectivity index (χ0n) is 10.7. The quantitative estimate of drug-likeness (QED) is 0.772. The van der Waals surface area contributed by atoms with Gasteiger partial charge < -0.3 is 11.1 Å². The third-order valence-corrected chi connectivity index (χ3v) is 2.59. The number of hydrogen-bond acceptors (Lipinski definition) is 2. The number of aryl methyl sites for hydroxylation is 1. The van der Waals surface area contributed by atoms with Gasteiger partial charge in [-0.05, 0) is 44.4 Å². The van der Waals surface area contributed by atoms with Gasteiger partial charge in [-0.15, -0.1) is 0 Å². The van der Waals surface area contributed by atoms with Gasteiger partial charge in [-0.1, -0.05) is 25.5 Å². The molecule has 0 aromatic heterocycles. The topological polar surface area (TPSA) is 38.0 Å². The Bertz CT molecular complexity index is 296. The maximum absolute atomic E-state index is 5.92. The van der Waals surface area contributed by atoms with E-state index in [2.05, 4.69) is 50.4 Å². The lowest BCUT2D eigenvalue weighted by molar-refractivity contribution is 0.491. The molecule has 2 heteroatoms. The molecule has 0 fully saturated rings. The molecule has 0 saturated carbocycles. The maximum atomic E-state index is 5.92. The van der Waals surface area contributed by atoms with E-state index in [1.165, 1.54) is 17.7 Å². The van der Waals surface area contributed by atoms with Crippen molar-refractivity contribution >= 4 is 5.69 Å². The van der Waals surface area contributed by atoms with Crippen LogP contribution in [0.3, 0.4) is 0 Å². The molecule has 1 aromatic rings. The van der Waals surface area contributed by atoms with Gasteiger partial charge in [0.1, 0.15) is 0 Å². The van der Waals surface area contributed by atoms with E-state index in [4.69, 9.17) is 5.73 Å². The first-order valence-corrected chi connectivity index (χ1v) is 6.13. The van der Waals surface area contributed by atoms with Crippen molar-refractivity contribution in [3.05, 3.63) is 29.8 Å². The van der Waals surface area contributed by atoms with Crippen LogP contribution < -0.4 is 11.1 Å². The molecule has 0 amide bonds. The normalized spacial score (nSPS) is 11.5. The molecule has 0 atom stereocenters. The van der Waals surface area contributed by atoms with Crippen LogP contribution in [0.15, 0.2) is 24.3 Å². The fourth-order valence-corrected chi connectivity index (χ4v) is 1.61. The molecule has 3 N–H and O–H groups in total. The molecule has 1 aromatic carbocycles. The van der Waals surface area contributed by atoms with E-state index in [0.717, 1.165) is 19.4 Å². The Morgan fingerprint density at radius 3 is 2.31 bits per heavy atom. The lowest BCUT2D eigenvalue weighted by atomic mass is 10.0. The molecule has 0 saturated heterocycles. The summed E-state index contributed by atoms with van der Waals surface area (Å²) in [5, 5.41) is 3.39. The van der Waals surface area contributed by atoms with Gasteiger partial charge in [0.15, 0.2) is 0 Å². The molecule has 90 valence electrons. The van der Waals surface area contributed by atoms with Gasteiger partial charge in [-0.2, -0.15) is 0 Å².